The van der Waals surface area contributed by atoms with Crippen molar-refractivity contribution in [2.45, 2.75) is 25.6 Å². The molecule has 0 aliphatic carbocycles. The van der Waals surface area contributed by atoms with Crippen LogP contribution in [0.5, 0.6) is 0 Å². The van der Waals surface area contributed by atoms with Gasteiger partial charge in [-0.2, -0.15) is 13.2 Å². The molecule has 162 valence electrons. The van der Waals surface area contributed by atoms with Gasteiger partial charge < -0.3 is 15.5 Å². The zero-order valence-corrected chi connectivity index (χ0v) is 17.0. The maximum atomic E-state index is 13.4. The smallest absolute Gasteiger partial charge is 0.354 e. The quantitative estimate of drug-likeness (QED) is 0.740. The van der Waals surface area contributed by atoms with E-state index in [0.717, 1.165) is 5.56 Å². The minimum atomic E-state index is -4.43. The zero-order valence-electron chi connectivity index (χ0n) is 16.2. The van der Waals surface area contributed by atoms with Gasteiger partial charge in [-0.15, -0.1) is 12.4 Å². The van der Waals surface area contributed by atoms with Crippen LogP contribution in [0, 0.1) is 12.8 Å². The highest BCUT2D eigenvalue weighted by Crippen LogP contribution is 2.27. The maximum Gasteiger partial charge on any atom is 0.405 e. The van der Waals surface area contributed by atoms with E-state index in [1.54, 1.807) is 12.1 Å². The number of amides is 2. The molecule has 2 atom stereocenters. The van der Waals surface area contributed by atoms with Gasteiger partial charge in [0.15, 0.2) is 0 Å². The highest BCUT2D eigenvalue weighted by molar-refractivity contribution is 6.00. The molecule has 0 saturated carbocycles. The molecule has 29 heavy (non-hydrogen) atoms. The molecule has 10 heteroatoms. The molecule has 0 bridgehead atoms. The van der Waals surface area contributed by atoms with Crippen LogP contribution in [0.25, 0.3) is 0 Å². The summed E-state index contributed by atoms with van der Waals surface area (Å²) < 4.78 is 40.3. The van der Waals surface area contributed by atoms with Crippen LogP contribution >= 0.6 is 12.4 Å². The Labute approximate surface area is 174 Å². The van der Waals surface area contributed by atoms with Crippen LogP contribution < -0.4 is 15.5 Å². The Hall–Kier alpha value is -1.84. The summed E-state index contributed by atoms with van der Waals surface area (Å²) >= 11 is 0. The Morgan fingerprint density at radius 3 is 2.45 bits per heavy atom. The van der Waals surface area contributed by atoms with Gasteiger partial charge in [-0.3, -0.25) is 14.5 Å². The van der Waals surface area contributed by atoms with E-state index in [1.807, 2.05) is 19.1 Å². The molecule has 2 fully saturated rings. The van der Waals surface area contributed by atoms with Crippen molar-refractivity contribution in [3.63, 3.8) is 0 Å². The normalized spacial score (nSPS) is 21.6. The van der Waals surface area contributed by atoms with E-state index in [9.17, 15) is 22.8 Å². The molecule has 1 aromatic rings. The number of halogens is 4. The molecule has 0 aromatic heterocycles. The van der Waals surface area contributed by atoms with Gasteiger partial charge in [-0.1, -0.05) is 17.7 Å². The standard InChI is InChI=1S/C19H25F3N4O2.ClH/c1-13-2-4-15(5-3-13)26-12-14(10-17(26)27)18(28)24-11-16(19(20,21)22)25-8-6-23-7-9-25;/h2-5,14,16,23H,6-12H2,1H3,(H,24,28);1H. The van der Waals surface area contributed by atoms with Crippen molar-refractivity contribution >= 4 is 29.9 Å². The summed E-state index contributed by atoms with van der Waals surface area (Å²) in [6, 6.07) is 5.63. The van der Waals surface area contributed by atoms with Gasteiger partial charge in [0, 0.05) is 51.4 Å². The molecule has 2 aliphatic rings. The average molecular weight is 435 g/mol. The highest BCUT2D eigenvalue weighted by atomic mass is 35.5. The predicted molar refractivity (Wildman–Crippen MR) is 106 cm³/mol. The van der Waals surface area contributed by atoms with E-state index >= 15 is 0 Å². The van der Waals surface area contributed by atoms with E-state index in [-0.39, 0.29) is 44.4 Å². The third-order valence-corrected chi connectivity index (χ3v) is 5.28. The van der Waals surface area contributed by atoms with Crippen LogP contribution in [-0.4, -0.2) is 68.2 Å². The molecule has 3 rings (SSSR count). The van der Waals surface area contributed by atoms with Crippen LogP contribution in [0.4, 0.5) is 18.9 Å². The lowest BCUT2D eigenvalue weighted by Crippen LogP contribution is -2.57. The summed E-state index contributed by atoms with van der Waals surface area (Å²) in [7, 11) is 0. The first-order valence-electron chi connectivity index (χ1n) is 9.42. The SMILES string of the molecule is Cc1ccc(N2CC(C(=O)NCC(N3CCNCC3)C(F)(F)F)CC2=O)cc1.Cl. The summed E-state index contributed by atoms with van der Waals surface area (Å²) in [4.78, 5) is 27.6. The van der Waals surface area contributed by atoms with Crippen LogP contribution in [0.15, 0.2) is 24.3 Å². The predicted octanol–water partition coefficient (Wildman–Crippen LogP) is 1.72. The minimum absolute atomic E-state index is 0. The fourth-order valence-electron chi connectivity index (χ4n) is 3.64. The lowest BCUT2D eigenvalue weighted by molar-refractivity contribution is -0.184. The van der Waals surface area contributed by atoms with Crippen LogP contribution in [0.2, 0.25) is 0 Å². The second-order valence-corrected chi connectivity index (χ2v) is 7.33. The first kappa shape index (κ1) is 23.4. The molecule has 2 heterocycles. The maximum absolute atomic E-state index is 13.4. The minimum Gasteiger partial charge on any atom is -0.354 e. The fourth-order valence-corrected chi connectivity index (χ4v) is 3.64. The van der Waals surface area contributed by atoms with Gasteiger partial charge in [0.05, 0.1) is 5.92 Å². The molecular weight excluding hydrogens is 409 g/mol. The number of alkyl halides is 3. The van der Waals surface area contributed by atoms with Crippen molar-refractivity contribution in [2.24, 2.45) is 5.92 Å². The average Bonchev–Trinajstić information content (AvgIpc) is 3.04. The molecule has 0 spiro atoms. The monoisotopic (exact) mass is 434 g/mol. The Bertz CT molecular complexity index is 708. The van der Waals surface area contributed by atoms with Gasteiger partial charge >= 0.3 is 6.18 Å². The highest BCUT2D eigenvalue weighted by Gasteiger charge is 2.44. The molecule has 0 radical (unpaired) electrons. The molecule has 2 aliphatic heterocycles. The van der Waals surface area contributed by atoms with Crippen molar-refractivity contribution in [1.82, 2.24) is 15.5 Å². The van der Waals surface area contributed by atoms with Gasteiger partial charge in [-0.25, -0.2) is 0 Å². The zero-order chi connectivity index (χ0) is 20.3. The third-order valence-electron chi connectivity index (χ3n) is 5.28. The Morgan fingerprint density at radius 1 is 1.24 bits per heavy atom. The van der Waals surface area contributed by atoms with Crippen LogP contribution in [0.3, 0.4) is 0 Å². The van der Waals surface area contributed by atoms with Gasteiger partial charge in [0.1, 0.15) is 6.04 Å². The first-order valence-corrected chi connectivity index (χ1v) is 9.42. The molecule has 2 unspecified atom stereocenters. The first-order chi connectivity index (χ1) is 13.3. The molecule has 2 amide bonds. The second kappa shape index (κ2) is 9.77. The number of nitrogens with one attached hydrogen (secondary N) is 2. The van der Waals surface area contributed by atoms with Crippen molar-refractivity contribution in [1.29, 1.82) is 0 Å². The van der Waals surface area contributed by atoms with E-state index in [2.05, 4.69) is 10.6 Å². The lowest BCUT2D eigenvalue weighted by Gasteiger charge is -2.36. The lowest BCUT2D eigenvalue weighted by atomic mass is 10.1. The summed E-state index contributed by atoms with van der Waals surface area (Å²) in [6.07, 6.45) is -4.42. The summed E-state index contributed by atoms with van der Waals surface area (Å²) in [6.45, 7) is 3.15. The number of anilines is 1. The second-order valence-electron chi connectivity index (χ2n) is 7.33. The molecule has 2 N–H and O–H groups in total. The topological polar surface area (TPSA) is 64.7 Å². The Balaban J connectivity index is 0.00000300. The van der Waals surface area contributed by atoms with Gasteiger partial charge in [0.25, 0.3) is 0 Å². The van der Waals surface area contributed by atoms with E-state index in [1.165, 1.54) is 9.80 Å². The fraction of sp³-hybridized carbons (Fsp3) is 0.579. The number of rotatable bonds is 5. The number of benzene rings is 1. The van der Waals surface area contributed by atoms with Crippen LogP contribution in [-0.2, 0) is 9.59 Å². The number of piperazine rings is 1. The number of carbonyl (C=O) groups is 2. The van der Waals surface area contributed by atoms with Crippen molar-refractivity contribution in [3.05, 3.63) is 29.8 Å². The van der Waals surface area contributed by atoms with Gasteiger partial charge in [0.2, 0.25) is 11.8 Å². The van der Waals surface area contributed by atoms with Crippen molar-refractivity contribution in [3.8, 4) is 0 Å². The Kier molecular flexibility index (Phi) is 7.90. The number of aryl methyl sites for hydroxylation is 1. The van der Waals surface area contributed by atoms with E-state index in [4.69, 9.17) is 0 Å². The summed E-state index contributed by atoms with van der Waals surface area (Å²) in [5.41, 5.74) is 1.75. The number of carbonyl (C=O) groups excluding carboxylic acids is 2. The molecule has 1 aromatic carbocycles. The number of hydrogen-bond donors (Lipinski definition) is 2. The van der Waals surface area contributed by atoms with Crippen LogP contribution in [0.1, 0.15) is 12.0 Å². The largest absolute Gasteiger partial charge is 0.405 e. The molecule has 6 nitrogen and oxygen atoms in total. The van der Waals surface area contributed by atoms with Crippen molar-refractivity contribution < 1.29 is 22.8 Å². The summed E-state index contributed by atoms with van der Waals surface area (Å²) in [5, 5.41) is 5.45. The van der Waals surface area contributed by atoms with Crippen molar-refractivity contribution in [2.75, 3.05) is 44.2 Å². The number of nitrogens with zero attached hydrogens (tertiary/aromatic N) is 2. The van der Waals surface area contributed by atoms with Gasteiger partial charge in [-0.05, 0) is 19.1 Å². The molecule has 2 saturated heterocycles. The van der Waals surface area contributed by atoms with E-state index < -0.39 is 30.6 Å². The number of hydrogen-bond acceptors (Lipinski definition) is 4. The summed E-state index contributed by atoms with van der Waals surface area (Å²) in [5.74, 6) is -1.35. The Morgan fingerprint density at radius 2 is 1.86 bits per heavy atom. The molecular formula is C19H26ClF3N4O2. The third kappa shape index (κ3) is 5.83. The van der Waals surface area contributed by atoms with E-state index in [0.29, 0.717) is 18.8 Å².